The number of benzene rings is 1. The van der Waals surface area contributed by atoms with Crippen molar-refractivity contribution in [3.05, 3.63) is 28.8 Å². The lowest BCUT2D eigenvalue weighted by molar-refractivity contribution is -0.138. The van der Waals surface area contributed by atoms with Crippen molar-refractivity contribution in [1.82, 2.24) is 0 Å². The SMILES string of the molecule is O=C(O)CCNc1cc(C(F)(F)F)ccc1Cl. The molecule has 0 aromatic heterocycles. The van der Waals surface area contributed by atoms with E-state index in [9.17, 15) is 18.0 Å². The molecule has 1 rings (SSSR count). The normalized spacial score (nSPS) is 11.3. The van der Waals surface area contributed by atoms with Crippen molar-refractivity contribution in [3.63, 3.8) is 0 Å². The highest BCUT2D eigenvalue weighted by Gasteiger charge is 2.30. The van der Waals surface area contributed by atoms with Crippen LogP contribution < -0.4 is 5.32 Å². The molecular formula is C10H9ClF3NO2. The largest absolute Gasteiger partial charge is 0.481 e. The molecule has 0 bridgehead atoms. The van der Waals surface area contributed by atoms with E-state index in [1.165, 1.54) is 0 Å². The summed E-state index contributed by atoms with van der Waals surface area (Å²) in [5.74, 6) is -1.04. The van der Waals surface area contributed by atoms with Crippen LogP contribution in [0.25, 0.3) is 0 Å². The Bertz CT molecular complexity index is 421. The molecule has 0 fully saturated rings. The second-order valence-electron chi connectivity index (χ2n) is 3.26. The Morgan fingerprint density at radius 3 is 2.59 bits per heavy atom. The van der Waals surface area contributed by atoms with Crippen molar-refractivity contribution >= 4 is 23.3 Å². The van der Waals surface area contributed by atoms with Gasteiger partial charge in [0.25, 0.3) is 0 Å². The molecule has 0 unspecified atom stereocenters. The first-order valence-corrected chi connectivity index (χ1v) is 5.01. The maximum absolute atomic E-state index is 12.4. The van der Waals surface area contributed by atoms with Crippen molar-refractivity contribution in [2.24, 2.45) is 0 Å². The highest BCUT2D eigenvalue weighted by atomic mass is 35.5. The number of carbonyl (C=O) groups is 1. The number of carboxylic acid groups (broad SMARTS) is 1. The molecule has 3 nitrogen and oxygen atoms in total. The number of alkyl halides is 3. The average Bonchev–Trinajstić information content (AvgIpc) is 2.18. The number of hydrogen-bond donors (Lipinski definition) is 2. The summed E-state index contributed by atoms with van der Waals surface area (Å²) in [6.07, 6.45) is -4.65. The van der Waals surface area contributed by atoms with Gasteiger partial charge in [0.2, 0.25) is 0 Å². The topological polar surface area (TPSA) is 49.3 Å². The van der Waals surface area contributed by atoms with Crippen LogP contribution in [0.3, 0.4) is 0 Å². The van der Waals surface area contributed by atoms with Gasteiger partial charge in [-0.05, 0) is 18.2 Å². The molecule has 94 valence electrons. The Balaban J connectivity index is 2.80. The fraction of sp³-hybridized carbons (Fsp3) is 0.300. The second kappa shape index (κ2) is 5.27. The van der Waals surface area contributed by atoms with Crippen molar-refractivity contribution in [1.29, 1.82) is 0 Å². The van der Waals surface area contributed by atoms with Crippen LogP contribution in [0, 0.1) is 0 Å². The molecule has 2 N–H and O–H groups in total. The number of halogens is 4. The monoisotopic (exact) mass is 267 g/mol. The Kier molecular flexibility index (Phi) is 4.22. The summed E-state index contributed by atoms with van der Waals surface area (Å²) in [5.41, 5.74) is -0.762. The van der Waals surface area contributed by atoms with Gasteiger partial charge >= 0.3 is 12.1 Å². The summed E-state index contributed by atoms with van der Waals surface area (Å²) in [6, 6.07) is 2.84. The zero-order chi connectivity index (χ0) is 13.1. The number of aliphatic carboxylic acids is 1. The highest BCUT2D eigenvalue weighted by molar-refractivity contribution is 6.33. The molecule has 17 heavy (non-hydrogen) atoms. The van der Waals surface area contributed by atoms with Crippen LogP contribution in [-0.2, 0) is 11.0 Å². The highest BCUT2D eigenvalue weighted by Crippen LogP contribution is 2.33. The van der Waals surface area contributed by atoms with Crippen molar-refractivity contribution in [3.8, 4) is 0 Å². The third-order valence-corrected chi connectivity index (χ3v) is 2.28. The standard InChI is InChI=1S/C10H9ClF3NO2/c11-7-2-1-6(10(12,13)14)5-8(7)15-4-3-9(16)17/h1-2,5,15H,3-4H2,(H,16,17). The van der Waals surface area contributed by atoms with Crippen molar-refractivity contribution < 1.29 is 23.1 Å². The van der Waals surface area contributed by atoms with Gasteiger partial charge in [0.05, 0.1) is 22.7 Å². The number of hydrogen-bond acceptors (Lipinski definition) is 2. The fourth-order valence-electron chi connectivity index (χ4n) is 1.14. The van der Waals surface area contributed by atoms with Crippen molar-refractivity contribution in [2.75, 3.05) is 11.9 Å². The zero-order valence-corrected chi connectivity index (χ0v) is 9.27. The van der Waals surface area contributed by atoms with E-state index in [-0.39, 0.29) is 23.7 Å². The number of rotatable bonds is 4. The van der Waals surface area contributed by atoms with Crippen LogP contribution in [0.2, 0.25) is 5.02 Å². The number of carboxylic acids is 1. The summed E-state index contributed by atoms with van der Waals surface area (Å²) < 4.78 is 37.2. The number of anilines is 1. The predicted octanol–water partition coefficient (Wildman–Crippen LogP) is 3.25. The van der Waals surface area contributed by atoms with Gasteiger partial charge in [-0.2, -0.15) is 13.2 Å². The minimum Gasteiger partial charge on any atom is -0.481 e. The first-order valence-electron chi connectivity index (χ1n) is 4.63. The Labute approximate surface area is 100 Å². The first kappa shape index (κ1) is 13.6. The molecule has 0 spiro atoms. The van der Waals surface area contributed by atoms with E-state index in [2.05, 4.69) is 5.32 Å². The zero-order valence-electron chi connectivity index (χ0n) is 8.51. The van der Waals surface area contributed by atoms with Crippen LogP contribution in [0.5, 0.6) is 0 Å². The van der Waals surface area contributed by atoms with E-state index in [0.29, 0.717) is 0 Å². The van der Waals surface area contributed by atoms with Gasteiger partial charge < -0.3 is 10.4 Å². The van der Waals surface area contributed by atoms with E-state index in [1.807, 2.05) is 0 Å². The van der Waals surface area contributed by atoms with Gasteiger partial charge in [0.15, 0.2) is 0 Å². The van der Waals surface area contributed by atoms with Gasteiger partial charge in [-0.15, -0.1) is 0 Å². The van der Waals surface area contributed by atoms with Gasteiger partial charge in [-0.1, -0.05) is 11.6 Å². The summed E-state index contributed by atoms with van der Waals surface area (Å²) in [5, 5.41) is 11.0. The smallest absolute Gasteiger partial charge is 0.416 e. The summed E-state index contributed by atoms with van der Waals surface area (Å²) in [4.78, 5) is 10.2. The Morgan fingerprint density at radius 2 is 2.06 bits per heavy atom. The van der Waals surface area contributed by atoms with Crippen LogP contribution in [0.4, 0.5) is 18.9 Å². The molecule has 0 amide bonds. The molecule has 0 saturated carbocycles. The predicted molar refractivity (Wildman–Crippen MR) is 57.2 cm³/mol. The van der Waals surface area contributed by atoms with Gasteiger partial charge in [0.1, 0.15) is 0 Å². The van der Waals surface area contributed by atoms with Gasteiger partial charge in [-0.25, -0.2) is 0 Å². The molecular weight excluding hydrogens is 259 g/mol. The molecule has 0 atom stereocenters. The molecule has 0 radical (unpaired) electrons. The molecule has 0 heterocycles. The fourth-order valence-corrected chi connectivity index (χ4v) is 1.33. The molecule has 0 aliphatic heterocycles. The summed E-state index contributed by atoms with van der Waals surface area (Å²) in [6.45, 7) is 0.0103. The lowest BCUT2D eigenvalue weighted by Crippen LogP contribution is -2.10. The van der Waals surface area contributed by atoms with E-state index < -0.39 is 17.7 Å². The maximum Gasteiger partial charge on any atom is 0.416 e. The van der Waals surface area contributed by atoms with E-state index in [1.54, 1.807) is 0 Å². The lowest BCUT2D eigenvalue weighted by atomic mass is 10.2. The van der Waals surface area contributed by atoms with Gasteiger partial charge in [-0.3, -0.25) is 4.79 Å². The van der Waals surface area contributed by atoms with E-state index in [0.717, 1.165) is 18.2 Å². The van der Waals surface area contributed by atoms with Crippen molar-refractivity contribution in [2.45, 2.75) is 12.6 Å². The van der Waals surface area contributed by atoms with Gasteiger partial charge in [0, 0.05) is 6.54 Å². The maximum atomic E-state index is 12.4. The van der Waals surface area contributed by atoms with Crippen LogP contribution in [0.1, 0.15) is 12.0 Å². The average molecular weight is 268 g/mol. The Morgan fingerprint density at radius 1 is 1.41 bits per heavy atom. The number of nitrogens with one attached hydrogen (secondary N) is 1. The summed E-state index contributed by atoms with van der Waals surface area (Å²) >= 11 is 5.68. The minimum absolute atomic E-state index is 0.0103. The first-order chi connectivity index (χ1) is 7.80. The minimum atomic E-state index is -4.45. The van der Waals surface area contributed by atoms with Crippen LogP contribution in [0.15, 0.2) is 18.2 Å². The summed E-state index contributed by atoms with van der Waals surface area (Å²) in [7, 11) is 0. The third-order valence-electron chi connectivity index (χ3n) is 1.95. The quantitative estimate of drug-likeness (QED) is 0.880. The molecule has 0 aliphatic rings. The molecule has 7 heteroatoms. The Hall–Kier alpha value is -1.43. The molecule has 1 aromatic carbocycles. The van der Waals surface area contributed by atoms with E-state index in [4.69, 9.17) is 16.7 Å². The van der Waals surface area contributed by atoms with Crippen LogP contribution in [-0.4, -0.2) is 17.6 Å². The third kappa shape index (κ3) is 4.14. The van der Waals surface area contributed by atoms with Crippen LogP contribution >= 0.6 is 11.6 Å². The van der Waals surface area contributed by atoms with E-state index >= 15 is 0 Å². The molecule has 0 aliphatic carbocycles. The molecule has 1 aromatic rings. The lowest BCUT2D eigenvalue weighted by Gasteiger charge is -2.11. The second-order valence-corrected chi connectivity index (χ2v) is 3.67. The molecule has 0 saturated heterocycles.